The van der Waals surface area contributed by atoms with Crippen molar-refractivity contribution in [1.82, 2.24) is 21.3 Å². The zero-order valence-electron chi connectivity index (χ0n) is 18.8. The van der Waals surface area contributed by atoms with E-state index in [9.17, 15) is 0 Å². The van der Waals surface area contributed by atoms with Crippen molar-refractivity contribution in [2.24, 2.45) is 23.3 Å². The summed E-state index contributed by atoms with van der Waals surface area (Å²) >= 11 is 0. The predicted molar refractivity (Wildman–Crippen MR) is 127 cm³/mol. The number of hydrogen-bond acceptors (Lipinski definition) is 6. The molecule has 3 rings (SSSR count). The van der Waals surface area contributed by atoms with Crippen molar-refractivity contribution >= 4 is 0 Å². The molecule has 0 heterocycles. The third kappa shape index (κ3) is 9.16. The maximum atomic E-state index is 5.90. The maximum absolute atomic E-state index is 5.90. The van der Waals surface area contributed by atoms with Crippen molar-refractivity contribution in [2.75, 3.05) is 39.3 Å². The summed E-state index contributed by atoms with van der Waals surface area (Å²) in [5, 5.41) is 14.6. The summed E-state index contributed by atoms with van der Waals surface area (Å²) in [4.78, 5) is 0. The van der Waals surface area contributed by atoms with Crippen molar-refractivity contribution in [2.45, 2.75) is 75.5 Å². The minimum atomic E-state index is 0.250. The van der Waals surface area contributed by atoms with Crippen molar-refractivity contribution in [3.8, 4) is 0 Å². The highest BCUT2D eigenvalue weighted by atomic mass is 14.9. The summed E-state index contributed by atoms with van der Waals surface area (Å²) in [6.07, 6.45) is 18.7. The van der Waals surface area contributed by atoms with E-state index in [1.54, 1.807) is 0 Å². The lowest BCUT2D eigenvalue weighted by atomic mass is 9.81. The summed E-state index contributed by atoms with van der Waals surface area (Å²) in [5.41, 5.74) is 11.8. The molecule has 0 spiro atoms. The second-order valence-corrected chi connectivity index (χ2v) is 9.70. The van der Waals surface area contributed by atoms with E-state index < -0.39 is 0 Å². The topological polar surface area (TPSA) is 100 Å². The lowest BCUT2D eigenvalue weighted by molar-refractivity contribution is 0.253. The molecule has 0 bridgehead atoms. The lowest BCUT2D eigenvalue weighted by Crippen LogP contribution is -2.35. The Morgan fingerprint density at radius 2 is 1.13 bits per heavy atom. The van der Waals surface area contributed by atoms with Gasteiger partial charge in [0, 0.05) is 24.2 Å². The van der Waals surface area contributed by atoms with E-state index >= 15 is 0 Å². The zero-order valence-corrected chi connectivity index (χ0v) is 18.8. The molecule has 0 amide bonds. The van der Waals surface area contributed by atoms with Gasteiger partial charge in [0.15, 0.2) is 0 Å². The van der Waals surface area contributed by atoms with Crippen LogP contribution in [0.5, 0.6) is 0 Å². The molecule has 1 fully saturated rings. The molecule has 172 valence electrons. The van der Waals surface area contributed by atoms with Gasteiger partial charge in [-0.15, -0.1) is 0 Å². The van der Waals surface area contributed by atoms with Crippen LogP contribution in [0.3, 0.4) is 0 Å². The van der Waals surface area contributed by atoms with Crippen LogP contribution >= 0.6 is 0 Å². The summed E-state index contributed by atoms with van der Waals surface area (Å²) in [7, 11) is 0. The zero-order chi connectivity index (χ0) is 21.0. The molecule has 3 aliphatic rings. The van der Waals surface area contributed by atoms with Crippen LogP contribution < -0.4 is 32.7 Å². The van der Waals surface area contributed by atoms with Crippen LogP contribution in [0.4, 0.5) is 0 Å². The van der Waals surface area contributed by atoms with Gasteiger partial charge in [0.05, 0.1) is 0 Å². The van der Waals surface area contributed by atoms with Gasteiger partial charge in [-0.3, -0.25) is 0 Å². The molecule has 0 aliphatic heterocycles. The van der Waals surface area contributed by atoms with E-state index in [1.165, 1.54) is 51.6 Å². The second kappa shape index (κ2) is 13.6. The highest BCUT2D eigenvalue weighted by molar-refractivity contribution is 5.08. The molecule has 1 saturated carbocycles. The molecular weight excluding hydrogens is 372 g/mol. The summed E-state index contributed by atoms with van der Waals surface area (Å²) < 4.78 is 0. The summed E-state index contributed by atoms with van der Waals surface area (Å²) in [6, 6.07) is 1.47. The molecule has 8 N–H and O–H groups in total. The Morgan fingerprint density at radius 3 is 1.57 bits per heavy atom. The van der Waals surface area contributed by atoms with Crippen LogP contribution in [0.25, 0.3) is 0 Å². The van der Waals surface area contributed by atoms with Gasteiger partial charge < -0.3 is 32.7 Å². The van der Waals surface area contributed by atoms with E-state index in [0.717, 1.165) is 50.9 Å². The van der Waals surface area contributed by atoms with Gasteiger partial charge in [0.1, 0.15) is 0 Å². The van der Waals surface area contributed by atoms with Gasteiger partial charge in [0.25, 0.3) is 0 Å². The molecule has 2 unspecified atom stereocenters. The quantitative estimate of drug-likeness (QED) is 0.188. The van der Waals surface area contributed by atoms with E-state index in [4.69, 9.17) is 11.5 Å². The first-order chi connectivity index (χ1) is 14.7. The first-order valence-corrected chi connectivity index (χ1v) is 12.4. The van der Waals surface area contributed by atoms with Crippen LogP contribution in [-0.2, 0) is 0 Å². The Bertz CT molecular complexity index is 478. The minimum Gasteiger partial charge on any atom is -0.324 e. The Balaban J connectivity index is 1.13. The Labute approximate surface area is 184 Å². The first-order valence-electron chi connectivity index (χ1n) is 12.4. The highest BCUT2D eigenvalue weighted by Crippen LogP contribution is 2.28. The largest absolute Gasteiger partial charge is 0.324 e. The highest BCUT2D eigenvalue weighted by Gasteiger charge is 2.21. The van der Waals surface area contributed by atoms with Gasteiger partial charge in [0.2, 0.25) is 0 Å². The molecule has 6 heteroatoms. The van der Waals surface area contributed by atoms with Crippen LogP contribution in [0.1, 0.15) is 51.4 Å². The first kappa shape index (κ1) is 23.9. The van der Waals surface area contributed by atoms with E-state index in [0.29, 0.717) is 12.1 Å². The smallest absolute Gasteiger partial charge is 0.0268 e. The van der Waals surface area contributed by atoms with Crippen LogP contribution in [0, 0.1) is 11.8 Å². The van der Waals surface area contributed by atoms with Gasteiger partial charge in [-0.1, -0.05) is 30.7 Å². The standard InChI is InChI=1S/C24H46N6/c25-21-6-8-23(15-21)29-12-2-10-27-17-19-4-1-5-20(14-19)18-28-11-3-13-30-24-9-7-22(26)16-24/h6-9,19-24,27-30H,1-5,10-18,25-26H2/t19?,20?,21-,22-,23+,24+/m1/s1. The number of nitrogens with one attached hydrogen (secondary N) is 4. The molecule has 0 radical (unpaired) electrons. The number of nitrogens with two attached hydrogens (primary N) is 2. The molecule has 3 aliphatic carbocycles. The van der Waals surface area contributed by atoms with Crippen molar-refractivity contribution in [3.63, 3.8) is 0 Å². The fraction of sp³-hybridized carbons (Fsp3) is 0.833. The number of rotatable bonds is 14. The molecule has 6 atom stereocenters. The fourth-order valence-electron chi connectivity index (χ4n) is 5.14. The molecule has 0 aromatic rings. The van der Waals surface area contributed by atoms with Gasteiger partial charge in [-0.05, 0) is 96.1 Å². The molecule has 0 aromatic heterocycles. The van der Waals surface area contributed by atoms with Crippen molar-refractivity contribution in [1.29, 1.82) is 0 Å². The third-order valence-corrected chi connectivity index (χ3v) is 6.86. The van der Waals surface area contributed by atoms with Gasteiger partial charge in [-0.25, -0.2) is 0 Å². The predicted octanol–water partition coefficient (Wildman–Crippen LogP) is 1.24. The molecule has 30 heavy (non-hydrogen) atoms. The molecule has 0 aromatic carbocycles. The summed E-state index contributed by atoms with van der Waals surface area (Å²) in [6.45, 7) is 6.75. The Kier molecular flexibility index (Phi) is 10.8. The monoisotopic (exact) mass is 418 g/mol. The lowest BCUT2D eigenvalue weighted by Gasteiger charge is -2.29. The number of hydrogen-bond donors (Lipinski definition) is 6. The van der Waals surface area contributed by atoms with Gasteiger partial charge in [-0.2, -0.15) is 0 Å². The third-order valence-electron chi connectivity index (χ3n) is 6.86. The van der Waals surface area contributed by atoms with Crippen LogP contribution in [0.2, 0.25) is 0 Å². The maximum Gasteiger partial charge on any atom is 0.0268 e. The van der Waals surface area contributed by atoms with E-state index in [1.807, 2.05) is 0 Å². The fourth-order valence-corrected chi connectivity index (χ4v) is 5.14. The summed E-state index contributed by atoms with van der Waals surface area (Å²) in [5.74, 6) is 1.71. The SMILES string of the molecule is N[C@@H]1C=C[C@H](NCCCNCC2CCCC(CNCCCN[C@H]3C=C[C@@H](N)C3)C2)C1. The average molecular weight is 419 g/mol. The van der Waals surface area contributed by atoms with E-state index in [-0.39, 0.29) is 12.1 Å². The molecular formula is C24H46N6. The van der Waals surface area contributed by atoms with Gasteiger partial charge >= 0.3 is 0 Å². The van der Waals surface area contributed by atoms with E-state index in [2.05, 4.69) is 45.6 Å². The molecule has 6 nitrogen and oxygen atoms in total. The van der Waals surface area contributed by atoms with Crippen LogP contribution in [-0.4, -0.2) is 63.4 Å². The molecule has 0 saturated heterocycles. The Morgan fingerprint density at radius 1 is 0.633 bits per heavy atom. The normalized spacial score (nSPS) is 33.5. The van der Waals surface area contributed by atoms with Crippen molar-refractivity contribution in [3.05, 3.63) is 24.3 Å². The second-order valence-electron chi connectivity index (χ2n) is 9.70. The Hall–Kier alpha value is -0.760. The average Bonchev–Trinajstić information content (AvgIpc) is 3.35. The minimum absolute atomic E-state index is 0.250. The van der Waals surface area contributed by atoms with Crippen molar-refractivity contribution < 1.29 is 0 Å². The van der Waals surface area contributed by atoms with Crippen LogP contribution in [0.15, 0.2) is 24.3 Å².